The van der Waals surface area contributed by atoms with Gasteiger partial charge in [-0.1, -0.05) is 6.07 Å². The summed E-state index contributed by atoms with van der Waals surface area (Å²) in [5.74, 6) is -1.89. The van der Waals surface area contributed by atoms with Crippen LogP contribution >= 0.6 is 0 Å². The first-order chi connectivity index (χ1) is 13.3. The van der Waals surface area contributed by atoms with Crippen LogP contribution in [0.5, 0.6) is 11.5 Å². The molecule has 8 heteroatoms. The van der Waals surface area contributed by atoms with Gasteiger partial charge in [0.05, 0.1) is 26.8 Å². The highest BCUT2D eigenvalue weighted by Gasteiger charge is 2.20. The number of nitrogens with one attached hydrogen (secondary N) is 1. The van der Waals surface area contributed by atoms with E-state index < -0.39 is 23.6 Å². The normalized spacial score (nSPS) is 11.5. The molecule has 0 saturated heterocycles. The van der Waals surface area contributed by atoms with Crippen molar-refractivity contribution >= 4 is 11.8 Å². The Morgan fingerprint density at radius 2 is 1.71 bits per heavy atom. The number of benzene rings is 2. The molecule has 2 amide bonds. The van der Waals surface area contributed by atoms with E-state index in [1.54, 1.807) is 19.1 Å². The van der Waals surface area contributed by atoms with Crippen molar-refractivity contribution in [3.63, 3.8) is 0 Å². The number of rotatable bonds is 7. The molecule has 1 atom stereocenters. The minimum Gasteiger partial charge on any atom is -0.493 e. The van der Waals surface area contributed by atoms with Crippen LogP contribution in [0.1, 0.15) is 28.9 Å². The van der Waals surface area contributed by atoms with Gasteiger partial charge in [-0.15, -0.1) is 0 Å². The van der Waals surface area contributed by atoms with Crippen molar-refractivity contribution in [2.75, 3.05) is 27.8 Å². The van der Waals surface area contributed by atoms with Crippen LogP contribution in [-0.2, 0) is 4.79 Å². The summed E-state index contributed by atoms with van der Waals surface area (Å²) in [4.78, 5) is 26.0. The highest BCUT2D eigenvalue weighted by molar-refractivity contribution is 5.97. The van der Waals surface area contributed by atoms with Crippen molar-refractivity contribution in [2.24, 2.45) is 0 Å². The number of amides is 2. The quantitative estimate of drug-likeness (QED) is 0.787. The van der Waals surface area contributed by atoms with Crippen LogP contribution in [-0.4, -0.2) is 44.5 Å². The molecule has 0 aliphatic carbocycles. The molecule has 6 nitrogen and oxygen atoms in total. The largest absolute Gasteiger partial charge is 0.493 e. The number of hydrogen-bond donors (Lipinski definition) is 1. The zero-order valence-electron chi connectivity index (χ0n) is 16.1. The molecule has 0 bridgehead atoms. The molecule has 2 rings (SSSR count). The van der Waals surface area contributed by atoms with E-state index in [0.29, 0.717) is 22.6 Å². The second-order valence-electron chi connectivity index (χ2n) is 6.11. The number of halogens is 2. The van der Waals surface area contributed by atoms with Crippen molar-refractivity contribution in [1.82, 2.24) is 10.2 Å². The van der Waals surface area contributed by atoms with Crippen molar-refractivity contribution in [3.8, 4) is 11.5 Å². The summed E-state index contributed by atoms with van der Waals surface area (Å²) in [6.45, 7) is 1.43. The summed E-state index contributed by atoms with van der Waals surface area (Å²) >= 11 is 0. The maximum Gasteiger partial charge on any atom is 0.251 e. The van der Waals surface area contributed by atoms with E-state index in [9.17, 15) is 18.4 Å². The Morgan fingerprint density at radius 1 is 1.04 bits per heavy atom. The number of hydrogen-bond acceptors (Lipinski definition) is 4. The van der Waals surface area contributed by atoms with Crippen LogP contribution in [0.3, 0.4) is 0 Å². The predicted molar refractivity (Wildman–Crippen MR) is 99.4 cm³/mol. The SMILES string of the molecule is COc1ccc(C(=O)NCC(=O)N(C)[C@@H](C)c2ccc(F)c(F)c2)cc1OC. The Kier molecular flexibility index (Phi) is 6.92. The van der Waals surface area contributed by atoms with Gasteiger partial charge in [0.2, 0.25) is 5.91 Å². The molecule has 0 radical (unpaired) electrons. The minimum absolute atomic E-state index is 0.252. The number of methoxy groups -OCH3 is 2. The van der Waals surface area contributed by atoms with E-state index in [1.807, 2.05) is 0 Å². The lowest BCUT2D eigenvalue weighted by Crippen LogP contribution is -2.39. The molecule has 28 heavy (non-hydrogen) atoms. The van der Waals surface area contributed by atoms with Crippen LogP contribution in [0, 0.1) is 11.6 Å². The fourth-order valence-electron chi connectivity index (χ4n) is 2.57. The van der Waals surface area contributed by atoms with Gasteiger partial charge in [-0.05, 0) is 42.8 Å². The van der Waals surface area contributed by atoms with E-state index in [1.165, 1.54) is 38.3 Å². The molecule has 2 aromatic rings. The van der Waals surface area contributed by atoms with Gasteiger partial charge in [0.25, 0.3) is 5.91 Å². The molecule has 150 valence electrons. The number of carbonyl (C=O) groups excluding carboxylic acids is 2. The van der Waals surface area contributed by atoms with E-state index in [2.05, 4.69) is 5.32 Å². The van der Waals surface area contributed by atoms with Gasteiger partial charge in [-0.3, -0.25) is 9.59 Å². The third-order valence-electron chi connectivity index (χ3n) is 4.45. The van der Waals surface area contributed by atoms with Crippen LogP contribution in [0.25, 0.3) is 0 Å². The average molecular weight is 392 g/mol. The molecule has 1 N–H and O–H groups in total. The average Bonchev–Trinajstić information content (AvgIpc) is 2.71. The lowest BCUT2D eigenvalue weighted by Gasteiger charge is -2.25. The second-order valence-corrected chi connectivity index (χ2v) is 6.11. The smallest absolute Gasteiger partial charge is 0.251 e. The van der Waals surface area contributed by atoms with Gasteiger partial charge >= 0.3 is 0 Å². The van der Waals surface area contributed by atoms with Crippen LogP contribution < -0.4 is 14.8 Å². The summed E-state index contributed by atoms with van der Waals surface area (Å²) in [6.07, 6.45) is 0. The molecule has 0 heterocycles. The van der Waals surface area contributed by atoms with Gasteiger partial charge in [0.15, 0.2) is 23.1 Å². The maximum atomic E-state index is 13.4. The number of carbonyl (C=O) groups is 2. The van der Waals surface area contributed by atoms with Gasteiger partial charge in [0.1, 0.15) is 0 Å². The summed E-state index contributed by atoms with van der Waals surface area (Å²) in [5.41, 5.74) is 0.753. The minimum atomic E-state index is -0.980. The Balaban J connectivity index is 2.00. The van der Waals surface area contributed by atoms with Gasteiger partial charge in [-0.25, -0.2) is 8.78 Å². The van der Waals surface area contributed by atoms with E-state index in [0.717, 1.165) is 12.1 Å². The Morgan fingerprint density at radius 3 is 2.32 bits per heavy atom. The van der Waals surface area contributed by atoms with E-state index in [-0.39, 0.29) is 12.5 Å². The maximum absolute atomic E-state index is 13.4. The monoisotopic (exact) mass is 392 g/mol. The third kappa shape index (κ3) is 4.76. The molecule has 0 spiro atoms. The lowest BCUT2D eigenvalue weighted by molar-refractivity contribution is -0.130. The van der Waals surface area contributed by atoms with E-state index >= 15 is 0 Å². The van der Waals surface area contributed by atoms with Crippen LogP contribution in [0.4, 0.5) is 8.78 Å². The first kappa shape index (κ1) is 21.1. The van der Waals surface area contributed by atoms with Crippen molar-refractivity contribution < 1.29 is 27.8 Å². The lowest BCUT2D eigenvalue weighted by atomic mass is 10.1. The van der Waals surface area contributed by atoms with Gasteiger partial charge < -0.3 is 19.7 Å². The van der Waals surface area contributed by atoms with Crippen molar-refractivity contribution in [3.05, 3.63) is 59.2 Å². The first-order valence-corrected chi connectivity index (χ1v) is 8.49. The van der Waals surface area contributed by atoms with Crippen molar-refractivity contribution in [1.29, 1.82) is 0 Å². The number of likely N-dealkylation sites (N-methyl/N-ethyl adjacent to an activating group) is 1. The highest BCUT2D eigenvalue weighted by atomic mass is 19.2. The number of ether oxygens (including phenoxy) is 2. The molecule has 0 aliphatic heterocycles. The molecule has 0 saturated carbocycles. The first-order valence-electron chi connectivity index (χ1n) is 8.49. The standard InChI is InChI=1S/C20H22F2N2O4/c1-12(13-5-7-15(21)16(22)9-13)24(2)19(25)11-23-20(26)14-6-8-17(27-3)18(10-14)28-4/h5-10,12H,11H2,1-4H3,(H,23,26)/t12-/m0/s1. The Labute approximate surface area is 162 Å². The zero-order valence-corrected chi connectivity index (χ0v) is 16.1. The molecule has 2 aromatic carbocycles. The molecular formula is C20H22F2N2O4. The Bertz CT molecular complexity index is 873. The fourth-order valence-corrected chi connectivity index (χ4v) is 2.57. The summed E-state index contributed by atoms with van der Waals surface area (Å²) in [7, 11) is 4.47. The number of nitrogens with zero attached hydrogens (tertiary/aromatic N) is 1. The zero-order chi connectivity index (χ0) is 20.8. The Hall–Kier alpha value is -3.16. The summed E-state index contributed by atoms with van der Waals surface area (Å²) in [6, 6.07) is 7.62. The van der Waals surface area contributed by atoms with Crippen molar-refractivity contribution in [2.45, 2.75) is 13.0 Å². The molecule has 0 fully saturated rings. The van der Waals surface area contributed by atoms with Crippen LogP contribution in [0.15, 0.2) is 36.4 Å². The molecular weight excluding hydrogens is 370 g/mol. The summed E-state index contributed by atoms with van der Waals surface area (Å²) in [5, 5.41) is 2.53. The van der Waals surface area contributed by atoms with Gasteiger partial charge in [0, 0.05) is 12.6 Å². The van der Waals surface area contributed by atoms with E-state index in [4.69, 9.17) is 9.47 Å². The fraction of sp³-hybridized carbons (Fsp3) is 0.300. The molecule has 0 aliphatic rings. The van der Waals surface area contributed by atoms with Crippen LogP contribution in [0.2, 0.25) is 0 Å². The third-order valence-corrected chi connectivity index (χ3v) is 4.45. The molecule has 0 unspecified atom stereocenters. The van der Waals surface area contributed by atoms with Gasteiger partial charge in [-0.2, -0.15) is 0 Å². The highest BCUT2D eigenvalue weighted by Crippen LogP contribution is 2.27. The second kappa shape index (κ2) is 9.16. The summed E-state index contributed by atoms with van der Waals surface area (Å²) < 4.78 is 36.8. The predicted octanol–water partition coefficient (Wildman–Crippen LogP) is 2.93. The molecule has 0 aromatic heterocycles. The topological polar surface area (TPSA) is 67.9 Å².